The molecule has 1 heterocycles. The third-order valence-electron chi connectivity index (χ3n) is 4.69. The molecule has 3 aromatic carbocycles. The van der Waals surface area contributed by atoms with E-state index < -0.39 is 5.97 Å². The van der Waals surface area contributed by atoms with Crippen molar-refractivity contribution in [1.29, 1.82) is 0 Å². The number of aliphatic carboxylic acids is 1. The largest absolute Gasteiger partial charge is 0.489 e. The van der Waals surface area contributed by atoms with Gasteiger partial charge in [-0.15, -0.1) is 11.8 Å². The van der Waals surface area contributed by atoms with E-state index in [0.717, 1.165) is 22.6 Å². The van der Waals surface area contributed by atoms with Crippen molar-refractivity contribution in [1.82, 2.24) is 0 Å². The Bertz CT molecular complexity index is 953. The zero-order valence-electron chi connectivity index (χ0n) is 14.8. The molecular formula is C23H20O3S. The number of rotatable bonds is 5. The Kier molecular flexibility index (Phi) is 5.16. The second-order valence-corrected chi connectivity index (χ2v) is 7.70. The maximum Gasteiger partial charge on any atom is 0.307 e. The number of hydrogen-bond donors (Lipinski definition) is 1. The standard InChI is InChI=1S/C23H20O3S/c24-22(25)13-17-10-11-21-20(12-17)23(27-15-16-6-2-1-3-7-16)19-9-5-4-8-18(19)14-26-21/h1-12,23H,13-15H2,(H,24,25). The summed E-state index contributed by atoms with van der Waals surface area (Å²) in [7, 11) is 0. The smallest absolute Gasteiger partial charge is 0.307 e. The lowest BCUT2D eigenvalue weighted by Crippen LogP contribution is -2.03. The zero-order chi connectivity index (χ0) is 18.6. The maximum absolute atomic E-state index is 11.2. The van der Waals surface area contributed by atoms with Crippen molar-refractivity contribution < 1.29 is 14.6 Å². The van der Waals surface area contributed by atoms with Crippen LogP contribution < -0.4 is 4.74 Å². The van der Waals surface area contributed by atoms with Crippen molar-refractivity contribution in [3.63, 3.8) is 0 Å². The molecule has 3 aromatic rings. The Morgan fingerprint density at radius 3 is 2.56 bits per heavy atom. The lowest BCUT2D eigenvalue weighted by atomic mass is 9.98. The first-order valence-electron chi connectivity index (χ1n) is 8.91. The molecule has 0 bridgehead atoms. The van der Waals surface area contributed by atoms with E-state index in [1.807, 2.05) is 42.1 Å². The summed E-state index contributed by atoms with van der Waals surface area (Å²) in [4.78, 5) is 11.2. The Morgan fingerprint density at radius 1 is 0.963 bits per heavy atom. The van der Waals surface area contributed by atoms with E-state index in [2.05, 4.69) is 42.5 Å². The van der Waals surface area contributed by atoms with Crippen molar-refractivity contribution in [2.24, 2.45) is 0 Å². The van der Waals surface area contributed by atoms with E-state index in [1.54, 1.807) is 0 Å². The van der Waals surface area contributed by atoms with Gasteiger partial charge in [-0.3, -0.25) is 4.79 Å². The molecule has 0 aliphatic carbocycles. The highest BCUT2D eigenvalue weighted by atomic mass is 32.2. The molecule has 1 aliphatic heterocycles. The summed E-state index contributed by atoms with van der Waals surface area (Å²) in [6.07, 6.45) is 0.0188. The van der Waals surface area contributed by atoms with E-state index in [4.69, 9.17) is 9.84 Å². The van der Waals surface area contributed by atoms with Gasteiger partial charge in [0, 0.05) is 11.3 Å². The van der Waals surface area contributed by atoms with Crippen molar-refractivity contribution >= 4 is 17.7 Å². The Balaban J connectivity index is 1.73. The van der Waals surface area contributed by atoms with Crippen LogP contribution in [0.5, 0.6) is 5.75 Å². The van der Waals surface area contributed by atoms with E-state index in [9.17, 15) is 4.79 Å². The van der Waals surface area contributed by atoms with Crippen molar-refractivity contribution in [2.75, 3.05) is 0 Å². The predicted molar refractivity (Wildman–Crippen MR) is 108 cm³/mol. The van der Waals surface area contributed by atoms with Crippen LogP contribution in [0.3, 0.4) is 0 Å². The van der Waals surface area contributed by atoms with Gasteiger partial charge in [0.1, 0.15) is 12.4 Å². The molecule has 0 fully saturated rings. The molecule has 0 aromatic heterocycles. The lowest BCUT2D eigenvalue weighted by Gasteiger charge is -2.19. The first-order chi connectivity index (χ1) is 13.2. The molecule has 4 heteroatoms. The predicted octanol–water partition coefficient (Wildman–Crippen LogP) is 5.23. The lowest BCUT2D eigenvalue weighted by molar-refractivity contribution is -0.136. The highest BCUT2D eigenvalue weighted by Gasteiger charge is 2.25. The van der Waals surface area contributed by atoms with E-state index in [1.165, 1.54) is 16.7 Å². The van der Waals surface area contributed by atoms with Crippen molar-refractivity contribution in [3.05, 3.63) is 101 Å². The normalized spacial score (nSPS) is 15.2. The van der Waals surface area contributed by atoms with Gasteiger partial charge in [-0.1, -0.05) is 66.7 Å². The maximum atomic E-state index is 11.2. The molecule has 0 spiro atoms. The van der Waals surface area contributed by atoms with Gasteiger partial charge in [0.25, 0.3) is 0 Å². The minimum atomic E-state index is -0.821. The fraction of sp³-hybridized carbons (Fsp3) is 0.174. The van der Waals surface area contributed by atoms with Gasteiger partial charge in [0.2, 0.25) is 0 Å². The third-order valence-corrected chi connectivity index (χ3v) is 6.03. The van der Waals surface area contributed by atoms with Gasteiger partial charge in [-0.2, -0.15) is 0 Å². The number of thioether (sulfide) groups is 1. The SMILES string of the molecule is O=C(O)Cc1ccc2c(c1)C(SCc1ccccc1)c1ccccc1CO2. The van der Waals surface area contributed by atoms with Crippen molar-refractivity contribution in [2.45, 2.75) is 24.0 Å². The number of fused-ring (bicyclic) bond motifs is 2. The molecule has 27 heavy (non-hydrogen) atoms. The fourth-order valence-corrected chi connectivity index (χ4v) is 4.72. The topological polar surface area (TPSA) is 46.5 Å². The van der Waals surface area contributed by atoms with Gasteiger partial charge >= 0.3 is 5.97 Å². The van der Waals surface area contributed by atoms with Crippen LogP contribution in [0.2, 0.25) is 0 Å². The minimum Gasteiger partial charge on any atom is -0.489 e. The summed E-state index contributed by atoms with van der Waals surface area (Å²) < 4.78 is 6.06. The summed E-state index contributed by atoms with van der Waals surface area (Å²) >= 11 is 1.85. The Morgan fingerprint density at radius 2 is 1.74 bits per heavy atom. The molecule has 0 amide bonds. The molecule has 1 N–H and O–H groups in total. The van der Waals surface area contributed by atoms with E-state index in [-0.39, 0.29) is 11.7 Å². The highest BCUT2D eigenvalue weighted by Crippen LogP contribution is 2.45. The van der Waals surface area contributed by atoms with Crippen LogP contribution in [0.25, 0.3) is 0 Å². The summed E-state index contributed by atoms with van der Waals surface area (Å²) in [6.45, 7) is 0.532. The fourth-order valence-electron chi connectivity index (χ4n) is 3.40. The number of carbonyl (C=O) groups is 1. The van der Waals surface area contributed by atoms with Gasteiger partial charge in [-0.05, 0) is 28.3 Å². The second kappa shape index (κ2) is 7.89. The van der Waals surface area contributed by atoms with Crippen LogP contribution in [0.15, 0.2) is 72.8 Å². The molecule has 0 radical (unpaired) electrons. The van der Waals surface area contributed by atoms with Crippen molar-refractivity contribution in [3.8, 4) is 5.75 Å². The average Bonchev–Trinajstić information content (AvgIpc) is 2.83. The van der Waals surface area contributed by atoms with Gasteiger partial charge in [0.15, 0.2) is 0 Å². The highest BCUT2D eigenvalue weighted by molar-refractivity contribution is 7.99. The summed E-state index contributed by atoms with van der Waals surface area (Å²) in [5.41, 5.74) is 5.55. The molecule has 0 saturated carbocycles. The number of ether oxygens (including phenoxy) is 1. The second-order valence-electron chi connectivity index (χ2n) is 6.61. The molecule has 3 nitrogen and oxygen atoms in total. The molecule has 136 valence electrons. The zero-order valence-corrected chi connectivity index (χ0v) is 15.6. The molecule has 1 atom stereocenters. The summed E-state index contributed by atoms with van der Waals surface area (Å²) in [5.74, 6) is 0.895. The third kappa shape index (κ3) is 4.01. The number of hydrogen-bond acceptors (Lipinski definition) is 3. The first kappa shape index (κ1) is 17.7. The number of benzene rings is 3. The average molecular weight is 376 g/mol. The van der Waals surface area contributed by atoms with Crippen LogP contribution in [-0.2, 0) is 23.6 Å². The monoisotopic (exact) mass is 376 g/mol. The van der Waals surface area contributed by atoms with Crippen LogP contribution >= 0.6 is 11.8 Å². The van der Waals surface area contributed by atoms with Crippen LogP contribution in [0.1, 0.15) is 33.1 Å². The van der Waals surface area contributed by atoms with Gasteiger partial charge in [0.05, 0.1) is 11.7 Å². The molecule has 0 saturated heterocycles. The Hall–Kier alpha value is -2.72. The summed E-state index contributed by atoms with van der Waals surface area (Å²) in [5, 5.41) is 9.27. The molecule has 1 aliphatic rings. The van der Waals surface area contributed by atoms with Crippen LogP contribution in [0.4, 0.5) is 0 Å². The minimum absolute atomic E-state index is 0.0188. The van der Waals surface area contributed by atoms with Gasteiger partial charge in [-0.25, -0.2) is 0 Å². The quantitative estimate of drug-likeness (QED) is 0.662. The molecule has 4 rings (SSSR count). The van der Waals surface area contributed by atoms with Gasteiger partial charge < -0.3 is 9.84 Å². The summed E-state index contributed by atoms with van der Waals surface area (Å²) in [6, 6.07) is 24.5. The molecule has 1 unspecified atom stereocenters. The van der Waals surface area contributed by atoms with Crippen LogP contribution in [0, 0.1) is 0 Å². The number of carboxylic acids is 1. The first-order valence-corrected chi connectivity index (χ1v) is 9.96. The Labute approximate surface area is 163 Å². The van der Waals surface area contributed by atoms with E-state index >= 15 is 0 Å². The molecular weight excluding hydrogens is 356 g/mol. The number of carboxylic acid groups (broad SMARTS) is 1. The van der Waals surface area contributed by atoms with Crippen LogP contribution in [-0.4, -0.2) is 11.1 Å². The van der Waals surface area contributed by atoms with E-state index in [0.29, 0.717) is 6.61 Å².